The van der Waals surface area contributed by atoms with Gasteiger partial charge in [-0.15, -0.1) is 0 Å². The predicted octanol–water partition coefficient (Wildman–Crippen LogP) is 9.02. The Morgan fingerprint density at radius 3 is 2.14 bits per heavy atom. The second kappa shape index (κ2) is 9.89. The normalized spacial score (nSPS) is 16.4. The van der Waals surface area contributed by atoms with Crippen molar-refractivity contribution in [3.8, 4) is 0 Å². The number of fused-ring (bicyclic) bond motifs is 6. The first-order valence-corrected chi connectivity index (χ1v) is 17.8. The highest BCUT2D eigenvalue weighted by atomic mass is 28.2. The van der Waals surface area contributed by atoms with E-state index >= 15 is 0 Å². The summed E-state index contributed by atoms with van der Waals surface area (Å²) in [5.41, 5.74) is 9.69. The van der Waals surface area contributed by atoms with Crippen LogP contribution in [-0.4, -0.2) is 33.9 Å². The first-order chi connectivity index (χ1) is 17.6. The lowest BCUT2D eigenvalue weighted by Crippen LogP contribution is -2.14. The molecule has 0 nitrogen and oxygen atoms in total. The molecule has 0 aliphatic heterocycles. The minimum Gasteiger partial charge on any atom is -0.161 e. The molecule has 0 spiro atoms. The van der Waals surface area contributed by atoms with Gasteiger partial charge in [-0.05, 0) is 56.2 Å². The van der Waals surface area contributed by atoms with E-state index in [-0.39, 0.29) is 0 Å². The highest BCUT2D eigenvalue weighted by Gasteiger charge is 2.35. The molecule has 176 valence electrons. The Bertz CT molecular complexity index is 1600. The highest BCUT2D eigenvalue weighted by Crippen LogP contribution is 2.47. The maximum absolute atomic E-state index is 2.56. The van der Waals surface area contributed by atoms with E-state index in [2.05, 4.69) is 106 Å². The van der Waals surface area contributed by atoms with Gasteiger partial charge >= 0.3 is 20.4 Å². The van der Waals surface area contributed by atoms with Crippen LogP contribution in [0.25, 0.3) is 31.3 Å². The maximum Gasteiger partial charge on any atom is 0.427 e. The summed E-state index contributed by atoms with van der Waals surface area (Å²) < 4.78 is 2.38. The Morgan fingerprint density at radius 1 is 0.750 bits per heavy atom. The number of allylic oxidation sites excluding steroid dienone is 2. The molecule has 0 aromatic heterocycles. The fourth-order valence-electron chi connectivity index (χ4n) is 6.88. The van der Waals surface area contributed by atoms with Gasteiger partial charge in [0.25, 0.3) is 0 Å². The Labute approximate surface area is 227 Å². The van der Waals surface area contributed by atoms with Crippen LogP contribution in [0.4, 0.5) is 0 Å². The molecule has 4 aromatic carbocycles. The van der Waals surface area contributed by atoms with Crippen LogP contribution in [0, 0.1) is 0 Å². The Kier molecular flexibility index (Phi) is 6.62. The average molecular weight is 495 g/mol. The van der Waals surface area contributed by atoms with Crippen molar-refractivity contribution in [2.24, 2.45) is 0 Å². The smallest absolute Gasteiger partial charge is 0.161 e. The minimum atomic E-state index is -0.622. The zero-order valence-electron chi connectivity index (χ0n) is 22.1. The standard InChI is InChI=1S/C18H19Si.C16H15.Mg/c1-4-7-14-12-17-15-9-6-5-8-13(15)10-11-16(17)18(14)19(2)3;1-2-5-12-10-14-9-8-13-6-3-4-7-15(13)16(14)11-12;/h5-6,8-11H,4,7H2,1-3H3;3-4,6-11H,2,5H2,1H3;. The van der Waals surface area contributed by atoms with E-state index in [4.69, 9.17) is 0 Å². The first kappa shape index (κ1) is 24.1. The maximum atomic E-state index is 2.56. The molecule has 1 unspecified atom stereocenters. The molecule has 0 fully saturated rings. The zero-order valence-corrected chi connectivity index (χ0v) is 24.5. The quantitative estimate of drug-likeness (QED) is 0.234. The average Bonchev–Trinajstić information content (AvgIpc) is 3.40. The van der Waals surface area contributed by atoms with Crippen molar-refractivity contribution in [3.63, 3.8) is 0 Å². The summed E-state index contributed by atoms with van der Waals surface area (Å²) in [5, 5.41) is 7.45. The zero-order chi connectivity index (χ0) is 24.8. The molecule has 0 saturated carbocycles. The molecule has 2 aliphatic carbocycles. The lowest BCUT2D eigenvalue weighted by Gasteiger charge is -2.21. The summed E-state index contributed by atoms with van der Waals surface area (Å²) in [6.45, 7) is 9.71. The molecular formula is C34H34MgSi. The van der Waals surface area contributed by atoms with Crippen LogP contribution < -0.4 is 0 Å². The van der Waals surface area contributed by atoms with Crippen molar-refractivity contribution in [1.82, 2.24) is 0 Å². The molecule has 1 atom stereocenters. The van der Waals surface area contributed by atoms with Crippen LogP contribution in [0.2, 0.25) is 13.1 Å². The van der Waals surface area contributed by atoms with Gasteiger partial charge in [0.05, 0.1) is 0 Å². The van der Waals surface area contributed by atoms with Gasteiger partial charge in [-0.25, -0.2) is 0 Å². The predicted molar refractivity (Wildman–Crippen MR) is 163 cm³/mol. The van der Waals surface area contributed by atoms with Crippen LogP contribution in [0.3, 0.4) is 0 Å². The van der Waals surface area contributed by atoms with Gasteiger partial charge in [-0.2, -0.15) is 3.70 Å². The molecule has 0 saturated heterocycles. The van der Waals surface area contributed by atoms with Crippen LogP contribution in [-0.2, 0) is 0 Å². The van der Waals surface area contributed by atoms with Gasteiger partial charge in [-0.3, -0.25) is 0 Å². The van der Waals surface area contributed by atoms with Crippen molar-refractivity contribution in [1.29, 1.82) is 0 Å². The van der Waals surface area contributed by atoms with Crippen molar-refractivity contribution in [2.45, 2.75) is 56.7 Å². The monoisotopic (exact) mass is 494 g/mol. The fraction of sp³-hybridized carbons (Fsp3) is 0.265. The first-order valence-electron chi connectivity index (χ1n) is 13.8. The molecule has 0 N–H and O–H groups in total. The molecule has 2 heteroatoms. The largest absolute Gasteiger partial charge is 0.427 e. The number of rotatable bonds is 6. The minimum absolute atomic E-state index is 0.579. The van der Waals surface area contributed by atoms with E-state index in [1.807, 2.05) is 0 Å². The van der Waals surface area contributed by atoms with Crippen LogP contribution in [0.15, 0.2) is 83.9 Å². The molecule has 0 heterocycles. The van der Waals surface area contributed by atoms with Crippen LogP contribution in [0.5, 0.6) is 0 Å². The van der Waals surface area contributed by atoms with E-state index in [1.54, 1.807) is 36.7 Å². The van der Waals surface area contributed by atoms with Gasteiger partial charge in [0, 0.05) is 8.41 Å². The second-order valence-electron chi connectivity index (χ2n) is 10.8. The highest BCUT2D eigenvalue weighted by molar-refractivity contribution is 6.80. The SMILES string of the molecule is CCCC1=Cc2ccc3ccccc3c2[CH]1[Mg][C]1=C(CCC)C(=[Si](C)C)c2ccc3ccccc3c21. The topological polar surface area (TPSA) is 0 Å². The summed E-state index contributed by atoms with van der Waals surface area (Å²) in [6.07, 6.45) is 7.43. The Balaban J connectivity index is 1.60. The van der Waals surface area contributed by atoms with Gasteiger partial charge in [0.2, 0.25) is 0 Å². The molecule has 0 bridgehead atoms. The Hall–Kier alpha value is -2.27. The lowest BCUT2D eigenvalue weighted by atomic mass is 9.98. The van der Waals surface area contributed by atoms with E-state index < -0.39 is 28.8 Å². The summed E-state index contributed by atoms with van der Waals surface area (Å²) in [6, 6.07) is 27.7. The van der Waals surface area contributed by atoms with Gasteiger partial charge < -0.3 is 0 Å². The fourth-order valence-corrected chi connectivity index (χ4v) is 11.5. The third kappa shape index (κ3) is 3.89. The van der Waals surface area contributed by atoms with Gasteiger partial charge in [0.15, 0.2) is 0 Å². The molecule has 36 heavy (non-hydrogen) atoms. The van der Waals surface area contributed by atoms with Crippen molar-refractivity contribution in [3.05, 3.63) is 106 Å². The third-order valence-corrected chi connectivity index (χ3v) is 12.4. The molecule has 0 radical (unpaired) electrons. The lowest BCUT2D eigenvalue weighted by molar-refractivity contribution is 0.874. The second-order valence-corrected chi connectivity index (χ2v) is 15.2. The van der Waals surface area contributed by atoms with Crippen LogP contribution in [0.1, 0.15) is 65.8 Å². The summed E-state index contributed by atoms with van der Waals surface area (Å²) >= 11 is -0.622. The molecule has 6 rings (SSSR count). The summed E-state index contributed by atoms with van der Waals surface area (Å²) in [4.78, 5) is 0. The van der Waals surface area contributed by atoms with Gasteiger partial charge in [-0.1, -0.05) is 139 Å². The number of hydrogen-bond acceptors (Lipinski definition) is 0. The van der Waals surface area contributed by atoms with Gasteiger partial charge in [0.1, 0.15) is 0 Å². The number of hydrogen-bond donors (Lipinski definition) is 0. The van der Waals surface area contributed by atoms with Crippen molar-refractivity contribution < 1.29 is 0 Å². The van der Waals surface area contributed by atoms with Crippen molar-refractivity contribution >= 4 is 65.3 Å². The molecule has 0 amide bonds. The third-order valence-electron chi connectivity index (χ3n) is 8.25. The summed E-state index contributed by atoms with van der Waals surface area (Å²) in [5.74, 6) is 0. The van der Waals surface area contributed by atoms with Crippen molar-refractivity contribution in [2.75, 3.05) is 0 Å². The van der Waals surface area contributed by atoms with Crippen LogP contribution >= 0.6 is 0 Å². The number of benzene rings is 4. The molecule has 4 aromatic rings. The van der Waals surface area contributed by atoms with E-state index in [9.17, 15) is 0 Å². The van der Waals surface area contributed by atoms with E-state index in [0.717, 1.165) is 0 Å². The summed E-state index contributed by atoms with van der Waals surface area (Å²) in [7, 11) is -0.579. The van der Waals surface area contributed by atoms with E-state index in [0.29, 0.717) is 4.05 Å². The molecular weight excluding hydrogens is 461 g/mol. The molecule has 2 aliphatic rings. The van der Waals surface area contributed by atoms with E-state index in [1.165, 1.54) is 52.8 Å². The Morgan fingerprint density at radius 2 is 1.42 bits per heavy atom.